The number of hydrogen-bond acceptors (Lipinski definition) is 2. The van der Waals surface area contributed by atoms with Gasteiger partial charge in [-0.25, -0.2) is 0 Å². The summed E-state index contributed by atoms with van der Waals surface area (Å²) in [7, 11) is 0. The molecule has 0 atom stereocenters. The highest BCUT2D eigenvalue weighted by atomic mass is 16.1. The average molecular weight is 175 g/mol. The predicted octanol–water partition coefficient (Wildman–Crippen LogP) is 1.62. The number of anilines is 1. The number of carbonyl (C=O) groups is 2. The zero-order valence-electron chi connectivity index (χ0n) is 6.99. The molecule has 0 heterocycles. The van der Waals surface area contributed by atoms with Crippen LogP contribution in [0.3, 0.4) is 0 Å². The fourth-order valence-electron chi connectivity index (χ4n) is 0.897. The minimum Gasteiger partial charge on any atom is -0.322 e. The number of nitrogens with one attached hydrogen (secondary N) is 1. The first-order valence-corrected chi connectivity index (χ1v) is 3.75. The van der Waals surface area contributed by atoms with Crippen LogP contribution in [0.25, 0.3) is 0 Å². The van der Waals surface area contributed by atoms with Gasteiger partial charge in [0.25, 0.3) is 0 Å². The second-order valence-electron chi connectivity index (χ2n) is 2.40. The summed E-state index contributed by atoms with van der Waals surface area (Å²) in [6.45, 7) is 3.31. The lowest BCUT2D eigenvalue weighted by molar-refractivity contribution is -0.111. The maximum absolute atomic E-state index is 10.9. The average Bonchev–Trinajstić information content (AvgIpc) is 2.18. The van der Waals surface area contributed by atoms with Gasteiger partial charge in [-0.05, 0) is 18.2 Å². The summed E-state index contributed by atoms with van der Waals surface area (Å²) in [5, 5.41) is 2.52. The Balaban J connectivity index is 2.93. The molecule has 1 rings (SSSR count). The molecule has 0 bridgehead atoms. The molecule has 0 fully saturated rings. The first-order chi connectivity index (χ1) is 6.27. The summed E-state index contributed by atoms with van der Waals surface area (Å²) in [6.07, 6.45) is 1.85. The molecular formula is C10H9NO2. The minimum atomic E-state index is -0.325. The molecule has 0 aliphatic heterocycles. The quantitative estimate of drug-likeness (QED) is 0.560. The number of carbonyl (C=O) groups excluding carboxylic acids is 2. The normalized spacial score (nSPS) is 8.92. The van der Waals surface area contributed by atoms with E-state index in [2.05, 4.69) is 11.9 Å². The zero-order chi connectivity index (χ0) is 9.68. The highest BCUT2D eigenvalue weighted by Gasteiger charge is 2.01. The number of hydrogen-bond donors (Lipinski definition) is 1. The summed E-state index contributed by atoms with van der Waals surface area (Å²) in [6, 6.07) is 6.76. The monoisotopic (exact) mass is 175 g/mol. The van der Waals surface area contributed by atoms with Gasteiger partial charge in [-0.15, -0.1) is 0 Å². The van der Waals surface area contributed by atoms with Gasteiger partial charge in [0, 0.05) is 5.56 Å². The lowest BCUT2D eigenvalue weighted by atomic mass is 10.2. The third kappa shape index (κ3) is 2.27. The largest absolute Gasteiger partial charge is 0.322 e. The molecule has 0 aliphatic carbocycles. The highest BCUT2D eigenvalue weighted by Crippen LogP contribution is 2.11. The smallest absolute Gasteiger partial charge is 0.247 e. The maximum Gasteiger partial charge on any atom is 0.247 e. The van der Waals surface area contributed by atoms with Crippen molar-refractivity contribution in [2.45, 2.75) is 0 Å². The fourth-order valence-corrected chi connectivity index (χ4v) is 0.897. The molecule has 1 aromatic rings. The molecule has 0 aliphatic rings. The van der Waals surface area contributed by atoms with Crippen LogP contribution in [0.5, 0.6) is 0 Å². The third-order valence-electron chi connectivity index (χ3n) is 1.53. The molecule has 0 spiro atoms. The Kier molecular flexibility index (Phi) is 2.97. The number of para-hydroxylation sites is 1. The SMILES string of the molecule is C=CC(=O)Nc1ccccc1C=O. The molecule has 13 heavy (non-hydrogen) atoms. The van der Waals surface area contributed by atoms with Gasteiger partial charge >= 0.3 is 0 Å². The number of amides is 1. The van der Waals surface area contributed by atoms with Crippen LogP contribution in [0.2, 0.25) is 0 Å². The van der Waals surface area contributed by atoms with Gasteiger partial charge in [0.2, 0.25) is 5.91 Å². The standard InChI is InChI=1S/C10H9NO2/c1-2-10(13)11-9-6-4-3-5-8(9)7-12/h2-7H,1H2,(H,11,13). The molecule has 0 saturated carbocycles. The molecule has 0 aromatic heterocycles. The van der Waals surface area contributed by atoms with Crippen molar-refractivity contribution in [3.05, 3.63) is 42.5 Å². The number of aldehydes is 1. The molecular weight excluding hydrogens is 166 g/mol. The second-order valence-corrected chi connectivity index (χ2v) is 2.40. The number of benzene rings is 1. The molecule has 0 unspecified atom stereocenters. The van der Waals surface area contributed by atoms with E-state index in [1.54, 1.807) is 24.3 Å². The Hall–Kier alpha value is -1.90. The molecule has 1 aromatic carbocycles. The van der Waals surface area contributed by atoms with E-state index >= 15 is 0 Å². The lowest BCUT2D eigenvalue weighted by Crippen LogP contribution is -2.08. The summed E-state index contributed by atoms with van der Waals surface area (Å²) in [5.74, 6) is -0.325. The van der Waals surface area contributed by atoms with Crippen LogP contribution in [0.15, 0.2) is 36.9 Å². The van der Waals surface area contributed by atoms with Gasteiger partial charge in [0.1, 0.15) is 0 Å². The van der Waals surface area contributed by atoms with Gasteiger partial charge in [-0.3, -0.25) is 9.59 Å². The van der Waals surface area contributed by atoms with Gasteiger partial charge in [-0.2, -0.15) is 0 Å². The van der Waals surface area contributed by atoms with Crippen LogP contribution in [0.1, 0.15) is 10.4 Å². The van der Waals surface area contributed by atoms with Crippen LogP contribution in [-0.4, -0.2) is 12.2 Å². The van der Waals surface area contributed by atoms with Crippen molar-refractivity contribution in [2.75, 3.05) is 5.32 Å². The van der Waals surface area contributed by atoms with Crippen molar-refractivity contribution < 1.29 is 9.59 Å². The molecule has 0 saturated heterocycles. The first-order valence-electron chi connectivity index (χ1n) is 3.75. The van der Waals surface area contributed by atoms with E-state index in [1.165, 1.54) is 0 Å². The summed E-state index contributed by atoms with van der Waals surface area (Å²) in [4.78, 5) is 21.4. The first kappa shape index (κ1) is 9.19. The van der Waals surface area contributed by atoms with E-state index in [4.69, 9.17) is 0 Å². The summed E-state index contributed by atoms with van der Waals surface area (Å²) < 4.78 is 0. The van der Waals surface area contributed by atoms with Crippen LogP contribution in [0, 0.1) is 0 Å². The third-order valence-corrected chi connectivity index (χ3v) is 1.53. The molecule has 66 valence electrons. The molecule has 1 N–H and O–H groups in total. The molecule has 3 heteroatoms. The van der Waals surface area contributed by atoms with Crippen LogP contribution < -0.4 is 5.32 Å². The van der Waals surface area contributed by atoms with E-state index in [1.807, 2.05) is 0 Å². The van der Waals surface area contributed by atoms with Crippen molar-refractivity contribution in [3.63, 3.8) is 0 Å². The van der Waals surface area contributed by atoms with Crippen LogP contribution in [-0.2, 0) is 4.79 Å². The van der Waals surface area contributed by atoms with E-state index in [0.717, 1.165) is 6.08 Å². The Morgan fingerprint density at radius 1 is 1.38 bits per heavy atom. The van der Waals surface area contributed by atoms with Crippen molar-refractivity contribution >= 4 is 17.9 Å². The maximum atomic E-state index is 10.9. The van der Waals surface area contributed by atoms with Crippen LogP contribution >= 0.6 is 0 Å². The summed E-state index contributed by atoms with van der Waals surface area (Å²) >= 11 is 0. The molecule has 0 radical (unpaired) electrons. The molecule has 3 nitrogen and oxygen atoms in total. The zero-order valence-corrected chi connectivity index (χ0v) is 6.99. The van der Waals surface area contributed by atoms with Crippen molar-refractivity contribution in [1.82, 2.24) is 0 Å². The lowest BCUT2D eigenvalue weighted by Gasteiger charge is -2.03. The minimum absolute atomic E-state index is 0.325. The fraction of sp³-hybridized carbons (Fsp3) is 0. The Bertz CT molecular complexity index is 345. The van der Waals surface area contributed by atoms with Gasteiger partial charge in [0.05, 0.1) is 5.69 Å². The van der Waals surface area contributed by atoms with Gasteiger partial charge < -0.3 is 5.32 Å². The Labute approximate surface area is 76.1 Å². The van der Waals surface area contributed by atoms with Crippen molar-refractivity contribution in [1.29, 1.82) is 0 Å². The van der Waals surface area contributed by atoms with Crippen molar-refractivity contribution in [2.24, 2.45) is 0 Å². The van der Waals surface area contributed by atoms with Gasteiger partial charge in [0.15, 0.2) is 6.29 Å². The van der Waals surface area contributed by atoms with Crippen LogP contribution in [0.4, 0.5) is 5.69 Å². The van der Waals surface area contributed by atoms with E-state index in [9.17, 15) is 9.59 Å². The topological polar surface area (TPSA) is 46.2 Å². The second kappa shape index (κ2) is 4.21. The van der Waals surface area contributed by atoms with Gasteiger partial charge in [-0.1, -0.05) is 18.7 Å². The number of rotatable bonds is 3. The predicted molar refractivity (Wildman–Crippen MR) is 50.7 cm³/mol. The Morgan fingerprint density at radius 2 is 2.08 bits per heavy atom. The molecule has 1 amide bonds. The summed E-state index contributed by atoms with van der Waals surface area (Å²) in [5.41, 5.74) is 0.958. The van der Waals surface area contributed by atoms with E-state index < -0.39 is 0 Å². The Morgan fingerprint density at radius 3 is 2.69 bits per heavy atom. The van der Waals surface area contributed by atoms with Crippen molar-refractivity contribution in [3.8, 4) is 0 Å². The van der Waals surface area contributed by atoms with E-state index in [0.29, 0.717) is 17.5 Å². The van der Waals surface area contributed by atoms with E-state index in [-0.39, 0.29) is 5.91 Å². The highest BCUT2D eigenvalue weighted by molar-refractivity contribution is 6.01.